The number of fused-ring (bicyclic) bond motifs is 1. The highest BCUT2D eigenvalue weighted by atomic mass is 35.5. The van der Waals surface area contributed by atoms with Crippen molar-refractivity contribution in [2.75, 3.05) is 11.1 Å². The molecule has 0 aliphatic carbocycles. The molecule has 0 radical (unpaired) electrons. The number of rotatable bonds is 2. The Morgan fingerprint density at radius 2 is 2.14 bits per heavy atom. The summed E-state index contributed by atoms with van der Waals surface area (Å²) in [5, 5.41) is 6.19. The molecule has 1 unspecified atom stereocenters. The van der Waals surface area contributed by atoms with E-state index in [1.807, 2.05) is 0 Å². The first-order valence-corrected chi connectivity index (χ1v) is 8.23. The van der Waals surface area contributed by atoms with Crippen molar-refractivity contribution in [1.29, 1.82) is 0 Å². The number of hydrogen-bond donors (Lipinski definition) is 2. The smallest absolute Gasteiger partial charge is 0.319 e. The van der Waals surface area contributed by atoms with Crippen LogP contribution in [0.2, 0.25) is 5.02 Å². The molecule has 3 rings (SSSR count). The molecule has 0 saturated carbocycles. The highest BCUT2D eigenvalue weighted by molar-refractivity contribution is 7.99. The number of carbonyl (C=O) groups is 1. The normalized spacial score (nSPS) is 16.7. The van der Waals surface area contributed by atoms with Crippen LogP contribution in [0.15, 0.2) is 47.4 Å². The van der Waals surface area contributed by atoms with Crippen molar-refractivity contribution in [3.05, 3.63) is 58.9 Å². The van der Waals surface area contributed by atoms with Crippen molar-refractivity contribution in [2.24, 2.45) is 0 Å². The molecule has 0 spiro atoms. The summed E-state index contributed by atoms with van der Waals surface area (Å²) in [5.74, 6) is 0.601. The zero-order valence-electron chi connectivity index (χ0n) is 11.6. The predicted octanol–water partition coefficient (Wildman–Crippen LogP) is 4.84. The summed E-state index contributed by atoms with van der Waals surface area (Å²) in [5.41, 5.74) is 1.45. The molecule has 2 amide bonds. The van der Waals surface area contributed by atoms with Gasteiger partial charge in [0.15, 0.2) is 0 Å². The Morgan fingerprint density at radius 1 is 1.27 bits per heavy atom. The van der Waals surface area contributed by atoms with Crippen LogP contribution in [0.25, 0.3) is 0 Å². The fourth-order valence-corrected chi connectivity index (χ4v) is 3.70. The van der Waals surface area contributed by atoms with Gasteiger partial charge in [0.1, 0.15) is 5.82 Å². The van der Waals surface area contributed by atoms with E-state index in [2.05, 4.69) is 10.6 Å². The van der Waals surface area contributed by atoms with E-state index >= 15 is 0 Å². The largest absolute Gasteiger partial charge is 0.331 e. The first-order valence-electron chi connectivity index (χ1n) is 6.87. The predicted molar refractivity (Wildman–Crippen MR) is 88.1 cm³/mol. The monoisotopic (exact) mass is 336 g/mol. The van der Waals surface area contributed by atoms with E-state index in [-0.39, 0.29) is 17.9 Å². The Hall–Kier alpha value is -1.72. The number of urea groups is 1. The minimum atomic E-state index is -0.325. The van der Waals surface area contributed by atoms with Crippen LogP contribution in [0.1, 0.15) is 18.0 Å². The van der Waals surface area contributed by atoms with Crippen LogP contribution in [0, 0.1) is 5.82 Å². The second-order valence-electron chi connectivity index (χ2n) is 4.98. The van der Waals surface area contributed by atoms with E-state index in [0.717, 1.165) is 22.6 Å². The van der Waals surface area contributed by atoms with Gasteiger partial charge in [0.25, 0.3) is 0 Å². The zero-order chi connectivity index (χ0) is 15.5. The van der Waals surface area contributed by atoms with Crippen LogP contribution in [0.4, 0.5) is 14.9 Å². The Morgan fingerprint density at radius 3 is 2.95 bits per heavy atom. The fourth-order valence-electron chi connectivity index (χ4n) is 2.41. The highest BCUT2D eigenvalue weighted by Gasteiger charge is 2.22. The number of nitrogens with one attached hydrogen (secondary N) is 2. The molecule has 3 nitrogen and oxygen atoms in total. The molecule has 0 bridgehead atoms. The van der Waals surface area contributed by atoms with Gasteiger partial charge in [-0.25, -0.2) is 9.18 Å². The lowest BCUT2D eigenvalue weighted by molar-refractivity contribution is 0.248. The SMILES string of the molecule is O=C(Nc1cccc(Cl)c1)NC1CCSc2ccc(F)cc21. The lowest BCUT2D eigenvalue weighted by Crippen LogP contribution is -2.34. The maximum Gasteiger partial charge on any atom is 0.319 e. The van der Waals surface area contributed by atoms with Crippen LogP contribution in [0.5, 0.6) is 0 Å². The molecule has 1 heterocycles. The quantitative estimate of drug-likeness (QED) is 0.824. The van der Waals surface area contributed by atoms with Crippen LogP contribution in [0.3, 0.4) is 0 Å². The molecule has 0 fully saturated rings. The van der Waals surface area contributed by atoms with Gasteiger partial charge in [0.2, 0.25) is 0 Å². The topological polar surface area (TPSA) is 41.1 Å². The summed E-state index contributed by atoms with van der Waals surface area (Å²) < 4.78 is 13.4. The van der Waals surface area contributed by atoms with Crippen LogP contribution in [-0.2, 0) is 0 Å². The van der Waals surface area contributed by atoms with Gasteiger partial charge in [-0.1, -0.05) is 17.7 Å². The fraction of sp³-hybridized carbons (Fsp3) is 0.188. The summed E-state index contributed by atoms with van der Waals surface area (Å²) >= 11 is 7.57. The molecule has 2 aromatic carbocycles. The standard InChI is InChI=1S/C16H14ClFN2OS/c17-10-2-1-3-12(8-10)19-16(21)20-14-6-7-22-15-5-4-11(18)9-13(14)15/h1-5,8-9,14H,6-7H2,(H2,19,20,21). The Bertz CT molecular complexity index is 710. The van der Waals surface area contributed by atoms with Gasteiger partial charge in [-0.3, -0.25) is 0 Å². The van der Waals surface area contributed by atoms with Crippen molar-refractivity contribution in [3.63, 3.8) is 0 Å². The maximum atomic E-state index is 13.4. The number of hydrogen-bond acceptors (Lipinski definition) is 2. The second kappa shape index (κ2) is 6.58. The molecule has 114 valence electrons. The lowest BCUT2D eigenvalue weighted by Gasteiger charge is -2.26. The van der Waals surface area contributed by atoms with Gasteiger partial charge >= 0.3 is 6.03 Å². The number of anilines is 1. The summed E-state index contributed by atoms with van der Waals surface area (Å²) in [6.45, 7) is 0. The lowest BCUT2D eigenvalue weighted by atomic mass is 10.0. The molecular formula is C16H14ClFN2OS. The van der Waals surface area contributed by atoms with E-state index < -0.39 is 0 Å². The summed E-state index contributed by atoms with van der Waals surface area (Å²) in [7, 11) is 0. The van der Waals surface area contributed by atoms with Crippen molar-refractivity contribution in [3.8, 4) is 0 Å². The number of halogens is 2. The molecule has 0 saturated heterocycles. The van der Waals surface area contributed by atoms with E-state index in [9.17, 15) is 9.18 Å². The molecule has 22 heavy (non-hydrogen) atoms. The number of carbonyl (C=O) groups excluding carboxylic acids is 1. The van der Waals surface area contributed by atoms with Gasteiger partial charge in [-0.2, -0.15) is 0 Å². The first-order chi connectivity index (χ1) is 10.6. The van der Waals surface area contributed by atoms with Crippen LogP contribution < -0.4 is 10.6 Å². The summed E-state index contributed by atoms with van der Waals surface area (Å²) in [4.78, 5) is 13.1. The third-order valence-corrected chi connectivity index (χ3v) is 4.76. The highest BCUT2D eigenvalue weighted by Crippen LogP contribution is 2.36. The van der Waals surface area contributed by atoms with Crippen LogP contribution in [-0.4, -0.2) is 11.8 Å². The van der Waals surface area contributed by atoms with Gasteiger partial charge in [0.05, 0.1) is 6.04 Å². The summed E-state index contributed by atoms with van der Waals surface area (Å²) in [6, 6.07) is 11.1. The Labute approximate surface area is 137 Å². The summed E-state index contributed by atoms with van der Waals surface area (Å²) in [6.07, 6.45) is 0.768. The van der Waals surface area contributed by atoms with Gasteiger partial charge in [-0.05, 0) is 48.4 Å². The van der Waals surface area contributed by atoms with Crippen molar-refractivity contribution in [2.45, 2.75) is 17.4 Å². The Balaban J connectivity index is 1.71. The van der Waals surface area contributed by atoms with E-state index in [1.165, 1.54) is 12.1 Å². The third-order valence-electron chi connectivity index (χ3n) is 3.40. The van der Waals surface area contributed by atoms with E-state index in [4.69, 9.17) is 11.6 Å². The molecule has 1 atom stereocenters. The van der Waals surface area contributed by atoms with Crippen molar-refractivity contribution >= 4 is 35.1 Å². The maximum absolute atomic E-state index is 13.4. The van der Waals surface area contributed by atoms with Gasteiger partial charge < -0.3 is 10.6 Å². The van der Waals surface area contributed by atoms with Gasteiger partial charge in [0, 0.05) is 21.4 Å². The molecule has 2 aromatic rings. The Kier molecular flexibility index (Phi) is 4.55. The molecule has 1 aliphatic heterocycles. The van der Waals surface area contributed by atoms with Crippen LogP contribution >= 0.6 is 23.4 Å². The molecule has 1 aliphatic rings. The third kappa shape index (κ3) is 3.54. The number of amides is 2. The number of benzene rings is 2. The minimum Gasteiger partial charge on any atom is -0.331 e. The molecule has 2 N–H and O–H groups in total. The molecular weight excluding hydrogens is 323 g/mol. The minimum absolute atomic E-state index is 0.189. The average molecular weight is 337 g/mol. The zero-order valence-corrected chi connectivity index (χ0v) is 13.2. The molecule has 0 aromatic heterocycles. The van der Waals surface area contributed by atoms with Gasteiger partial charge in [-0.15, -0.1) is 11.8 Å². The van der Waals surface area contributed by atoms with E-state index in [0.29, 0.717) is 10.7 Å². The average Bonchev–Trinajstić information content (AvgIpc) is 2.48. The second-order valence-corrected chi connectivity index (χ2v) is 6.55. The van der Waals surface area contributed by atoms with E-state index in [1.54, 1.807) is 42.1 Å². The van der Waals surface area contributed by atoms with Crippen molar-refractivity contribution < 1.29 is 9.18 Å². The van der Waals surface area contributed by atoms with Crippen molar-refractivity contribution in [1.82, 2.24) is 5.32 Å². The number of thioether (sulfide) groups is 1. The first kappa shape index (κ1) is 15.2. The molecule has 6 heteroatoms.